The molecule has 1 aromatic carbocycles. The molecular weight excluding hydrogens is 296 g/mol. The predicted octanol–water partition coefficient (Wildman–Crippen LogP) is 4.39. The Balaban J connectivity index is 3.39. The van der Waals surface area contributed by atoms with E-state index in [1.165, 1.54) is 0 Å². The Labute approximate surface area is 114 Å². The minimum atomic E-state index is -0.786. The highest BCUT2D eigenvalue weighted by Crippen LogP contribution is 2.41. The van der Waals surface area contributed by atoms with Crippen molar-refractivity contribution in [2.45, 2.75) is 39.3 Å². The molecule has 0 aliphatic rings. The Morgan fingerprint density at radius 1 is 1.12 bits per heavy atom. The molecule has 17 heavy (non-hydrogen) atoms. The lowest BCUT2D eigenvalue weighted by atomic mass is 9.85. The predicted molar refractivity (Wildman–Crippen MR) is 77.5 cm³/mol. The van der Waals surface area contributed by atoms with E-state index in [1.54, 1.807) is 7.11 Å². The van der Waals surface area contributed by atoms with Crippen molar-refractivity contribution in [2.75, 3.05) is 7.11 Å². The van der Waals surface area contributed by atoms with Gasteiger partial charge in [0.05, 0.1) is 7.11 Å². The highest BCUT2D eigenvalue weighted by atomic mass is 79.9. The molecule has 0 spiro atoms. The fourth-order valence-electron chi connectivity index (χ4n) is 1.76. The summed E-state index contributed by atoms with van der Waals surface area (Å²) in [5.41, 5.74) is 1.13. The Hall–Kier alpha value is -0.483. The van der Waals surface area contributed by atoms with Gasteiger partial charge in [-0.1, -0.05) is 36.7 Å². The van der Waals surface area contributed by atoms with Gasteiger partial charge in [0.1, 0.15) is 11.5 Å². The average molecular weight is 316 g/mol. The normalized spacial score (nSPS) is 11.8. The Bertz CT molecular complexity index is 397. The minimum Gasteiger partial charge on any atom is -0.542 e. The standard InChI is InChI=1S/C13H20BrO2Si/c1-13(2,3)12-10(15-4)7-9(14)8-11(12)16-17(5)6/h7-8H,1-6H3. The van der Waals surface area contributed by atoms with E-state index < -0.39 is 9.04 Å². The second-order valence-corrected chi connectivity index (χ2v) is 8.18. The maximum absolute atomic E-state index is 5.99. The van der Waals surface area contributed by atoms with Crippen molar-refractivity contribution in [1.29, 1.82) is 0 Å². The van der Waals surface area contributed by atoms with Crippen LogP contribution in [0.15, 0.2) is 16.6 Å². The quantitative estimate of drug-likeness (QED) is 0.770. The van der Waals surface area contributed by atoms with Crippen LogP contribution in [0.4, 0.5) is 0 Å². The highest BCUT2D eigenvalue weighted by Gasteiger charge is 2.25. The Kier molecular flexibility index (Phi) is 4.67. The third-order valence-corrected chi connectivity index (χ3v) is 3.40. The van der Waals surface area contributed by atoms with Gasteiger partial charge in [-0.25, -0.2) is 0 Å². The molecule has 1 aromatic rings. The topological polar surface area (TPSA) is 18.5 Å². The lowest BCUT2D eigenvalue weighted by molar-refractivity contribution is 0.391. The zero-order valence-corrected chi connectivity index (χ0v) is 13.9. The van der Waals surface area contributed by atoms with Gasteiger partial charge in [-0.3, -0.25) is 0 Å². The van der Waals surface area contributed by atoms with E-state index in [9.17, 15) is 0 Å². The van der Waals surface area contributed by atoms with Crippen molar-refractivity contribution in [2.24, 2.45) is 0 Å². The number of rotatable bonds is 3. The van der Waals surface area contributed by atoms with Crippen LogP contribution in [0, 0.1) is 0 Å². The van der Waals surface area contributed by atoms with Gasteiger partial charge in [-0.05, 0) is 30.6 Å². The van der Waals surface area contributed by atoms with Gasteiger partial charge in [0.15, 0.2) is 0 Å². The van der Waals surface area contributed by atoms with Crippen molar-refractivity contribution in [3.05, 3.63) is 22.2 Å². The maximum Gasteiger partial charge on any atom is 0.274 e. The van der Waals surface area contributed by atoms with Crippen LogP contribution in [0.2, 0.25) is 13.1 Å². The van der Waals surface area contributed by atoms with Crippen LogP contribution in [0.1, 0.15) is 26.3 Å². The lowest BCUT2D eigenvalue weighted by Gasteiger charge is -2.26. The largest absolute Gasteiger partial charge is 0.542 e. The van der Waals surface area contributed by atoms with Crippen molar-refractivity contribution in [3.8, 4) is 11.5 Å². The van der Waals surface area contributed by atoms with Crippen molar-refractivity contribution in [3.63, 3.8) is 0 Å². The van der Waals surface area contributed by atoms with Crippen LogP contribution >= 0.6 is 15.9 Å². The monoisotopic (exact) mass is 315 g/mol. The van der Waals surface area contributed by atoms with Crippen LogP contribution in [0.5, 0.6) is 11.5 Å². The van der Waals surface area contributed by atoms with Crippen molar-refractivity contribution >= 4 is 25.0 Å². The molecule has 1 rings (SSSR count). The average Bonchev–Trinajstić information content (AvgIpc) is 2.13. The summed E-state index contributed by atoms with van der Waals surface area (Å²) < 4.78 is 12.4. The number of halogens is 1. The number of methoxy groups -OCH3 is 1. The van der Waals surface area contributed by atoms with E-state index in [0.29, 0.717) is 0 Å². The highest BCUT2D eigenvalue weighted by molar-refractivity contribution is 9.10. The number of benzene rings is 1. The molecule has 0 bridgehead atoms. The van der Waals surface area contributed by atoms with E-state index in [0.717, 1.165) is 21.5 Å². The molecule has 0 amide bonds. The molecule has 95 valence electrons. The number of ether oxygens (including phenoxy) is 1. The number of hydrogen-bond donors (Lipinski definition) is 0. The molecule has 0 aliphatic heterocycles. The summed E-state index contributed by atoms with van der Waals surface area (Å²) in [5.74, 6) is 1.81. The zero-order valence-electron chi connectivity index (χ0n) is 11.3. The van der Waals surface area contributed by atoms with Gasteiger partial charge in [0.2, 0.25) is 0 Å². The second kappa shape index (κ2) is 5.44. The molecule has 0 atom stereocenters. The second-order valence-electron chi connectivity index (χ2n) is 5.24. The van der Waals surface area contributed by atoms with E-state index in [-0.39, 0.29) is 5.41 Å². The van der Waals surface area contributed by atoms with Gasteiger partial charge in [0, 0.05) is 10.0 Å². The lowest BCUT2D eigenvalue weighted by Crippen LogP contribution is -2.19. The first-order valence-electron chi connectivity index (χ1n) is 5.61. The molecule has 0 saturated carbocycles. The SMILES string of the molecule is COc1cc(Br)cc(O[Si](C)C)c1C(C)(C)C. The molecule has 1 radical (unpaired) electrons. The smallest absolute Gasteiger partial charge is 0.274 e. The molecule has 2 nitrogen and oxygen atoms in total. The van der Waals surface area contributed by atoms with Crippen molar-refractivity contribution in [1.82, 2.24) is 0 Å². The van der Waals surface area contributed by atoms with Crippen molar-refractivity contribution < 1.29 is 9.16 Å². The molecule has 0 aromatic heterocycles. The first kappa shape index (κ1) is 14.6. The molecule has 0 heterocycles. The zero-order chi connectivity index (χ0) is 13.2. The van der Waals surface area contributed by atoms with Gasteiger partial charge in [0.25, 0.3) is 9.04 Å². The fraction of sp³-hybridized carbons (Fsp3) is 0.538. The third-order valence-electron chi connectivity index (χ3n) is 2.31. The summed E-state index contributed by atoms with van der Waals surface area (Å²) >= 11 is 3.50. The molecule has 0 aliphatic carbocycles. The summed E-state index contributed by atoms with van der Waals surface area (Å²) in [6.45, 7) is 10.8. The van der Waals surface area contributed by atoms with Gasteiger partial charge >= 0.3 is 0 Å². The summed E-state index contributed by atoms with van der Waals surface area (Å²) in [6.07, 6.45) is 0. The minimum absolute atomic E-state index is 0.00130. The van der Waals surface area contributed by atoms with Crippen LogP contribution < -0.4 is 9.16 Å². The summed E-state index contributed by atoms with van der Waals surface area (Å²) in [4.78, 5) is 0. The van der Waals surface area contributed by atoms with E-state index in [1.807, 2.05) is 12.1 Å². The molecule has 0 saturated heterocycles. The summed E-state index contributed by atoms with van der Waals surface area (Å²) in [6, 6.07) is 4.02. The molecule has 4 heteroatoms. The van der Waals surface area contributed by atoms with Crippen LogP contribution in [0.3, 0.4) is 0 Å². The fourth-order valence-corrected chi connectivity index (χ4v) is 2.78. The molecule has 0 fully saturated rings. The Morgan fingerprint density at radius 3 is 2.06 bits per heavy atom. The molecule has 0 N–H and O–H groups in total. The first-order chi connectivity index (χ1) is 7.75. The molecule has 0 unspecified atom stereocenters. The summed E-state index contributed by atoms with van der Waals surface area (Å²) in [5, 5.41) is 0. The van der Waals surface area contributed by atoms with Gasteiger partial charge in [-0.2, -0.15) is 0 Å². The summed E-state index contributed by atoms with van der Waals surface area (Å²) in [7, 11) is 0.913. The van der Waals surface area contributed by atoms with E-state index in [4.69, 9.17) is 9.16 Å². The molecular formula is C13H20BrO2Si. The number of hydrogen-bond acceptors (Lipinski definition) is 2. The third kappa shape index (κ3) is 3.74. The van der Waals surface area contributed by atoms with E-state index in [2.05, 4.69) is 49.8 Å². The first-order valence-corrected chi connectivity index (χ1v) is 8.82. The maximum atomic E-state index is 5.99. The van der Waals surface area contributed by atoms with Crippen LogP contribution in [0.25, 0.3) is 0 Å². The van der Waals surface area contributed by atoms with E-state index >= 15 is 0 Å². The van der Waals surface area contributed by atoms with Gasteiger partial charge < -0.3 is 9.16 Å². The van der Waals surface area contributed by atoms with Crippen LogP contribution in [-0.2, 0) is 5.41 Å². The van der Waals surface area contributed by atoms with Crippen LogP contribution in [-0.4, -0.2) is 16.2 Å². The Morgan fingerprint density at radius 2 is 1.65 bits per heavy atom. The van der Waals surface area contributed by atoms with Gasteiger partial charge in [-0.15, -0.1) is 0 Å².